The van der Waals surface area contributed by atoms with E-state index in [1.54, 1.807) is 43.3 Å². The van der Waals surface area contributed by atoms with Crippen molar-refractivity contribution < 1.29 is 9.72 Å². The molecule has 3 N–H and O–H groups in total. The summed E-state index contributed by atoms with van der Waals surface area (Å²) in [4.78, 5) is 23.8. The normalized spacial score (nSPS) is 16.2. The van der Waals surface area contributed by atoms with Gasteiger partial charge in [0.2, 0.25) is 0 Å². The van der Waals surface area contributed by atoms with Gasteiger partial charge in [-0.3, -0.25) is 14.9 Å². The lowest BCUT2D eigenvalue weighted by Gasteiger charge is -2.30. The van der Waals surface area contributed by atoms with Gasteiger partial charge in [-0.15, -0.1) is 0 Å². The van der Waals surface area contributed by atoms with E-state index in [0.717, 1.165) is 0 Å². The number of hydrogen-bond acceptors (Lipinski definition) is 4. The van der Waals surface area contributed by atoms with Crippen LogP contribution in [0.15, 0.2) is 58.2 Å². The van der Waals surface area contributed by atoms with Crippen molar-refractivity contribution in [1.82, 2.24) is 10.6 Å². The Labute approximate surface area is 179 Å². The first kappa shape index (κ1) is 20.2. The van der Waals surface area contributed by atoms with Crippen LogP contribution in [-0.2, 0) is 4.79 Å². The number of nitrogens with one attached hydrogen (secondary N) is 3. The second-order valence-corrected chi connectivity index (χ2v) is 7.70. The molecule has 2 aromatic rings. The summed E-state index contributed by atoms with van der Waals surface area (Å²) < 4.78 is 0.350. The van der Waals surface area contributed by atoms with Gasteiger partial charge in [0, 0.05) is 22.5 Å². The lowest BCUT2D eigenvalue weighted by Crippen LogP contribution is -2.45. The third-order valence-electron chi connectivity index (χ3n) is 4.10. The Morgan fingerprint density at radius 2 is 2.07 bits per heavy atom. The van der Waals surface area contributed by atoms with Gasteiger partial charge in [-0.2, -0.15) is 0 Å². The van der Waals surface area contributed by atoms with Gasteiger partial charge in [0.15, 0.2) is 5.11 Å². The molecule has 28 heavy (non-hydrogen) atoms. The molecule has 0 saturated carbocycles. The first-order valence-corrected chi connectivity index (χ1v) is 9.63. The van der Waals surface area contributed by atoms with Crippen molar-refractivity contribution in [2.75, 3.05) is 5.32 Å². The Hall–Kier alpha value is -2.49. The van der Waals surface area contributed by atoms with Gasteiger partial charge in [-0.25, -0.2) is 0 Å². The summed E-state index contributed by atoms with van der Waals surface area (Å²) in [5, 5.41) is 20.8. The predicted molar refractivity (Wildman–Crippen MR) is 115 cm³/mol. The summed E-state index contributed by atoms with van der Waals surface area (Å²) >= 11 is 14.4. The minimum Gasteiger partial charge on any atom is -0.351 e. The Bertz CT molecular complexity index is 1030. The Morgan fingerprint density at radius 1 is 1.32 bits per heavy atom. The van der Waals surface area contributed by atoms with Crippen molar-refractivity contribution in [3.8, 4) is 0 Å². The lowest BCUT2D eigenvalue weighted by atomic mass is 9.94. The van der Waals surface area contributed by atoms with Gasteiger partial charge in [-0.1, -0.05) is 23.7 Å². The maximum absolute atomic E-state index is 13.0. The molecule has 10 heteroatoms. The zero-order chi connectivity index (χ0) is 20.4. The largest absolute Gasteiger partial charge is 0.351 e. The van der Waals surface area contributed by atoms with Gasteiger partial charge in [0.1, 0.15) is 0 Å². The average molecular weight is 482 g/mol. The maximum Gasteiger partial charge on any atom is 0.283 e. The standard InChI is InChI=1S/C18H14BrClN4O3S/c1-9-15(17(25)22-12-4-2-3-11(20)8-12)16(23-18(28)21-9)10-5-6-13(19)14(7-10)24(26)27/h2-8,16H,1H3,(H,22,25)(H2,21,23,28)/t16-/m0/s1. The zero-order valence-electron chi connectivity index (χ0n) is 14.5. The van der Waals surface area contributed by atoms with E-state index in [4.69, 9.17) is 23.8 Å². The number of nitro groups is 1. The van der Waals surface area contributed by atoms with E-state index >= 15 is 0 Å². The fourth-order valence-electron chi connectivity index (χ4n) is 2.86. The smallest absolute Gasteiger partial charge is 0.283 e. The monoisotopic (exact) mass is 480 g/mol. The second-order valence-electron chi connectivity index (χ2n) is 6.00. The number of carbonyl (C=O) groups excluding carboxylic acids is 1. The van der Waals surface area contributed by atoms with Crippen LogP contribution in [0.3, 0.4) is 0 Å². The number of allylic oxidation sites excluding steroid dienone is 1. The van der Waals surface area contributed by atoms with Crippen LogP contribution in [-0.4, -0.2) is 15.9 Å². The quantitative estimate of drug-likeness (QED) is 0.339. The SMILES string of the molecule is CC1=C(C(=O)Nc2cccc(Cl)c2)[C@H](c2ccc(Br)c([N+](=O)[O-])c2)NC(=S)N1. The number of halogens is 2. The minimum atomic E-state index is -0.653. The molecule has 1 atom stereocenters. The van der Waals surface area contributed by atoms with Crippen molar-refractivity contribution in [1.29, 1.82) is 0 Å². The highest BCUT2D eigenvalue weighted by molar-refractivity contribution is 9.10. The van der Waals surface area contributed by atoms with E-state index in [1.807, 2.05) is 0 Å². The number of nitrogens with zero attached hydrogens (tertiary/aromatic N) is 1. The molecule has 0 radical (unpaired) electrons. The van der Waals surface area contributed by atoms with Crippen molar-refractivity contribution in [3.63, 3.8) is 0 Å². The molecule has 7 nitrogen and oxygen atoms in total. The third-order valence-corrected chi connectivity index (χ3v) is 5.22. The molecule has 1 amide bonds. The highest BCUT2D eigenvalue weighted by atomic mass is 79.9. The molecule has 144 valence electrons. The van der Waals surface area contributed by atoms with Crippen LogP contribution in [0.2, 0.25) is 5.02 Å². The number of hydrogen-bond donors (Lipinski definition) is 3. The van der Waals surface area contributed by atoms with Crippen LogP contribution in [0.1, 0.15) is 18.5 Å². The number of anilines is 1. The zero-order valence-corrected chi connectivity index (χ0v) is 17.6. The summed E-state index contributed by atoms with van der Waals surface area (Å²) in [7, 11) is 0. The molecular formula is C18H14BrClN4O3S. The summed E-state index contributed by atoms with van der Waals surface area (Å²) in [5.74, 6) is -0.377. The first-order chi connectivity index (χ1) is 13.3. The number of benzene rings is 2. The third kappa shape index (κ3) is 4.32. The van der Waals surface area contributed by atoms with E-state index in [0.29, 0.717) is 37.1 Å². The number of rotatable bonds is 4. The van der Waals surface area contributed by atoms with E-state index in [2.05, 4.69) is 31.9 Å². The van der Waals surface area contributed by atoms with E-state index in [1.165, 1.54) is 6.07 Å². The number of thiocarbonyl (C=S) groups is 1. The molecule has 1 aliphatic rings. The van der Waals surface area contributed by atoms with E-state index < -0.39 is 11.0 Å². The van der Waals surface area contributed by atoms with Gasteiger partial charge >= 0.3 is 0 Å². The number of carbonyl (C=O) groups is 1. The first-order valence-electron chi connectivity index (χ1n) is 8.05. The van der Waals surface area contributed by atoms with Gasteiger partial charge < -0.3 is 16.0 Å². The van der Waals surface area contributed by atoms with Crippen LogP contribution in [0.4, 0.5) is 11.4 Å². The molecule has 0 saturated heterocycles. The van der Waals surface area contributed by atoms with Crippen molar-refractivity contribution in [2.24, 2.45) is 0 Å². The predicted octanol–water partition coefficient (Wildman–Crippen LogP) is 4.44. The van der Waals surface area contributed by atoms with Crippen molar-refractivity contribution in [2.45, 2.75) is 13.0 Å². The summed E-state index contributed by atoms with van der Waals surface area (Å²) in [6.07, 6.45) is 0. The van der Waals surface area contributed by atoms with Crippen LogP contribution in [0.25, 0.3) is 0 Å². The Kier molecular flexibility index (Phi) is 5.97. The number of amides is 1. The minimum absolute atomic E-state index is 0.101. The topological polar surface area (TPSA) is 96.3 Å². The molecule has 0 unspecified atom stereocenters. The fourth-order valence-corrected chi connectivity index (χ4v) is 3.71. The van der Waals surface area contributed by atoms with Crippen LogP contribution in [0.5, 0.6) is 0 Å². The van der Waals surface area contributed by atoms with E-state index in [-0.39, 0.29) is 11.6 Å². The molecular weight excluding hydrogens is 468 g/mol. The molecule has 2 aromatic carbocycles. The van der Waals surface area contributed by atoms with E-state index in [9.17, 15) is 14.9 Å². The molecule has 1 aliphatic heterocycles. The van der Waals surface area contributed by atoms with Crippen LogP contribution < -0.4 is 16.0 Å². The maximum atomic E-state index is 13.0. The molecule has 0 aliphatic carbocycles. The number of nitro benzene ring substituents is 1. The lowest BCUT2D eigenvalue weighted by molar-refractivity contribution is -0.385. The van der Waals surface area contributed by atoms with Gasteiger partial charge in [0.05, 0.1) is 21.0 Å². The molecule has 3 rings (SSSR count). The average Bonchev–Trinajstić information content (AvgIpc) is 2.61. The van der Waals surface area contributed by atoms with Gasteiger partial charge in [-0.05, 0) is 64.9 Å². The van der Waals surface area contributed by atoms with Crippen LogP contribution in [0, 0.1) is 10.1 Å². The van der Waals surface area contributed by atoms with Crippen molar-refractivity contribution in [3.05, 3.63) is 78.9 Å². The fraction of sp³-hybridized carbons (Fsp3) is 0.111. The molecule has 0 bridgehead atoms. The van der Waals surface area contributed by atoms with Crippen LogP contribution >= 0.6 is 39.7 Å². The molecule has 0 spiro atoms. The Morgan fingerprint density at radius 3 is 2.75 bits per heavy atom. The van der Waals surface area contributed by atoms with Crippen molar-refractivity contribution >= 4 is 62.1 Å². The second kappa shape index (κ2) is 8.26. The summed E-state index contributed by atoms with van der Waals surface area (Å²) in [6.45, 7) is 1.72. The highest BCUT2D eigenvalue weighted by Crippen LogP contribution is 2.33. The molecule has 0 fully saturated rings. The highest BCUT2D eigenvalue weighted by Gasteiger charge is 2.31. The summed E-state index contributed by atoms with van der Waals surface area (Å²) in [5.41, 5.74) is 1.89. The summed E-state index contributed by atoms with van der Waals surface area (Å²) in [6, 6.07) is 10.8. The Balaban J connectivity index is 2.00. The molecule has 0 aromatic heterocycles. The molecule has 1 heterocycles. The van der Waals surface area contributed by atoms with Gasteiger partial charge in [0.25, 0.3) is 11.6 Å².